The summed E-state index contributed by atoms with van der Waals surface area (Å²) in [6.07, 6.45) is 17.7. The Morgan fingerprint density at radius 1 is 0.962 bits per heavy atom. The first kappa shape index (κ1) is 23.7. The van der Waals surface area contributed by atoms with Gasteiger partial charge in [0, 0.05) is 18.4 Å². The number of hydrogen-bond acceptors (Lipinski definition) is 3. The van der Waals surface area contributed by atoms with Gasteiger partial charge in [-0.15, -0.1) is 12.3 Å². The molecule has 0 bridgehead atoms. The van der Waals surface area contributed by atoms with Crippen LogP contribution in [-0.4, -0.2) is 24.2 Å². The zero-order valence-corrected chi connectivity index (χ0v) is 16.3. The topological polar surface area (TPSA) is 63.6 Å². The number of allylic oxidation sites excluding steroid dienone is 5. The van der Waals surface area contributed by atoms with Crippen molar-refractivity contribution in [1.82, 2.24) is 0 Å². The number of terminal acetylenes is 1. The Labute approximate surface area is 158 Å². The second kappa shape index (κ2) is 15.0. The third kappa shape index (κ3) is 13.1. The molecule has 4 heteroatoms. The van der Waals surface area contributed by atoms with Crippen LogP contribution in [0.2, 0.25) is 0 Å². The second-order valence-electron chi connectivity index (χ2n) is 6.39. The van der Waals surface area contributed by atoms with E-state index in [-0.39, 0.29) is 12.4 Å². The van der Waals surface area contributed by atoms with Crippen LogP contribution >= 0.6 is 0 Å². The van der Waals surface area contributed by atoms with Gasteiger partial charge >= 0.3 is 11.9 Å². The molecule has 0 amide bonds. The number of methoxy groups -OCH3 is 1. The smallest absolute Gasteiger partial charge is 0.333 e. The van der Waals surface area contributed by atoms with E-state index in [0.717, 1.165) is 44.1 Å². The second-order valence-corrected chi connectivity index (χ2v) is 6.39. The van der Waals surface area contributed by atoms with Crippen molar-refractivity contribution in [3.63, 3.8) is 0 Å². The minimum atomic E-state index is -0.766. The van der Waals surface area contributed by atoms with Gasteiger partial charge in [-0.1, -0.05) is 29.4 Å². The lowest BCUT2D eigenvalue weighted by Gasteiger charge is -2.06. The summed E-state index contributed by atoms with van der Waals surface area (Å²) in [6, 6.07) is 0. The first-order valence-corrected chi connectivity index (χ1v) is 9.14. The van der Waals surface area contributed by atoms with E-state index in [1.165, 1.54) is 12.7 Å². The first-order chi connectivity index (χ1) is 12.4. The molecule has 0 unspecified atom stereocenters. The molecule has 0 rings (SSSR count). The highest BCUT2D eigenvalue weighted by Crippen LogP contribution is 2.15. The van der Waals surface area contributed by atoms with Gasteiger partial charge in [-0.25, -0.2) is 4.79 Å². The van der Waals surface area contributed by atoms with Crippen molar-refractivity contribution in [2.45, 2.75) is 71.6 Å². The lowest BCUT2D eigenvalue weighted by atomic mass is 10.0. The molecular formula is C22H32O4. The van der Waals surface area contributed by atoms with Gasteiger partial charge in [-0.2, -0.15) is 0 Å². The van der Waals surface area contributed by atoms with Crippen LogP contribution in [0.15, 0.2) is 34.9 Å². The predicted molar refractivity (Wildman–Crippen MR) is 106 cm³/mol. The molecule has 0 saturated heterocycles. The van der Waals surface area contributed by atoms with E-state index >= 15 is 0 Å². The molecule has 0 aromatic rings. The summed E-state index contributed by atoms with van der Waals surface area (Å²) in [5.41, 5.74) is 3.12. The van der Waals surface area contributed by atoms with E-state index in [0.29, 0.717) is 18.4 Å². The molecule has 0 spiro atoms. The fourth-order valence-corrected chi connectivity index (χ4v) is 2.49. The molecule has 0 atom stereocenters. The highest BCUT2D eigenvalue weighted by molar-refractivity contribution is 5.88. The van der Waals surface area contributed by atoms with Gasteiger partial charge in [-0.3, -0.25) is 4.79 Å². The monoisotopic (exact) mass is 360 g/mol. The Morgan fingerprint density at radius 3 is 2.19 bits per heavy atom. The normalized spacial score (nSPS) is 12.6. The van der Waals surface area contributed by atoms with E-state index < -0.39 is 5.97 Å². The summed E-state index contributed by atoms with van der Waals surface area (Å²) in [7, 11) is 1.40. The largest absolute Gasteiger partial charge is 0.481 e. The van der Waals surface area contributed by atoms with Crippen LogP contribution in [0.5, 0.6) is 0 Å². The number of unbranched alkanes of at least 4 members (excludes halogenated alkanes) is 1. The Morgan fingerprint density at radius 2 is 1.58 bits per heavy atom. The van der Waals surface area contributed by atoms with Crippen molar-refractivity contribution in [3.05, 3.63) is 34.9 Å². The average Bonchev–Trinajstić information content (AvgIpc) is 2.59. The highest BCUT2D eigenvalue weighted by atomic mass is 16.5. The summed E-state index contributed by atoms with van der Waals surface area (Å²) in [4.78, 5) is 22.4. The molecule has 0 aromatic carbocycles. The molecule has 0 radical (unpaired) electrons. The Kier molecular flexibility index (Phi) is 13.7. The molecule has 0 saturated carbocycles. The third-order valence-electron chi connectivity index (χ3n) is 4.03. The van der Waals surface area contributed by atoms with Crippen LogP contribution in [0, 0.1) is 12.3 Å². The van der Waals surface area contributed by atoms with Crippen LogP contribution < -0.4 is 0 Å². The number of esters is 1. The van der Waals surface area contributed by atoms with Crippen molar-refractivity contribution in [2.24, 2.45) is 0 Å². The van der Waals surface area contributed by atoms with Gasteiger partial charge in [0.15, 0.2) is 0 Å². The van der Waals surface area contributed by atoms with Crippen LogP contribution in [-0.2, 0) is 14.3 Å². The standard InChI is InChI=1S/C22H32O4/c1-5-6-7-11-18(2)12-8-15-20(22(25)26-4)16-9-13-19(3)14-10-17-21(23)24/h1,11,13,15H,6-10,12,14,16-17H2,2-4H3,(H,23,24)/b18-11+,19-13+,20-15+. The van der Waals surface area contributed by atoms with E-state index in [4.69, 9.17) is 16.3 Å². The maximum absolute atomic E-state index is 11.9. The van der Waals surface area contributed by atoms with Gasteiger partial charge < -0.3 is 9.84 Å². The summed E-state index contributed by atoms with van der Waals surface area (Å²) in [5.74, 6) is 1.57. The van der Waals surface area contributed by atoms with Gasteiger partial charge in [0.2, 0.25) is 0 Å². The zero-order valence-electron chi connectivity index (χ0n) is 16.3. The van der Waals surface area contributed by atoms with Gasteiger partial charge in [-0.05, 0) is 58.8 Å². The quantitative estimate of drug-likeness (QED) is 0.161. The third-order valence-corrected chi connectivity index (χ3v) is 4.03. The zero-order chi connectivity index (χ0) is 19.8. The SMILES string of the molecule is C#CCC/C=C(\C)CC/C=C(\CC/C=C(\C)CCCC(=O)O)C(=O)OC. The molecule has 0 aliphatic carbocycles. The summed E-state index contributed by atoms with van der Waals surface area (Å²) in [6.45, 7) is 4.07. The molecule has 0 aliphatic rings. The molecular weight excluding hydrogens is 328 g/mol. The lowest BCUT2D eigenvalue weighted by molar-refractivity contribution is -0.137. The van der Waals surface area contributed by atoms with E-state index in [2.05, 4.69) is 25.0 Å². The van der Waals surface area contributed by atoms with Crippen LogP contribution in [0.25, 0.3) is 0 Å². The van der Waals surface area contributed by atoms with Crippen molar-refractivity contribution in [2.75, 3.05) is 7.11 Å². The molecule has 0 fully saturated rings. The summed E-state index contributed by atoms with van der Waals surface area (Å²) < 4.78 is 4.87. The van der Waals surface area contributed by atoms with Gasteiger partial charge in [0.1, 0.15) is 0 Å². The minimum absolute atomic E-state index is 0.187. The Bertz CT molecular complexity index is 573. The van der Waals surface area contributed by atoms with Crippen LogP contribution in [0.1, 0.15) is 71.6 Å². The van der Waals surface area contributed by atoms with Crippen LogP contribution in [0.4, 0.5) is 0 Å². The minimum Gasteiger partial charge on any atom is -0.481 e. The number of rotatable bonds is 13. The number of carbonyl (C=O) groups is 2. The van der Waals surface area contributed by atoms with Crippen molar-refractivity contribution < 1.29 is 19.4 Å². The molecule has 1 N–H and O–H groups in total. The predicted octanol–water partition coefficient (Wildman–Crippen LogP) is 5.21. The molecule has 0 heterocycles. The molecule has 144 valence electrons. The Balaban J connectivity index is 4.48. The molecule has 0 aromatic heterocycles. The first-order valence-electron chi connectivity index (χ1n) is 9.14. The number of aliphatic carboxylic acids is 1. The summed E-state index contributed by atoms with van der Waals surface area (Å²) >= 11 is 0. The van der Waals surface area contributed by atoms with Crippen molar-refractivity contribution >= 4 is 11.9 Å². The number of carboxylic acid groups (broad SMARTS) is 1. The highest BCUT2D eigenvalue weighted by Gasteiger charge is 2.08. The molecule has 0 aliphatic heterocycles. The van der Waals surface area contributed by atoms with Crippen LogP contribution in [0.3, 0.4) is 0 Å². The van der Waals surface area contributed by atoms with Gasteiger partial charge in [0.25, 0.3) is 0 Å². The Hall–Kier alpha value is -2.28. The van der Waals surface area contributed by atoms with Crippen molar-refractivity contribution in [3.8, 4) is 12.3 Å². The molecule has 4 nitrogen and oxygen atoms in total. The number of carbonyl (C=O) groups excluding carboxylic acids is 1. The van der Waals surface area contributed by atoms with Crippen molar-refractivity contribution in [1.29, 1.82) is 0 Å². The summed E-state index contributed by atoms with van der Waals surface area (Å²) in [5, 5.41) is 8.65. The number of ether oxygens (including phenoxy) is 1. The maximum Gasteiger partial charge on any atom is 0.333 e. The number of hydrogen-bond donors (Lipinski definition) is 1. The average molecular weight is 360 g/mol. The molecule has 26 heavy (non-hydrogen) atoms. The fraction of sp³-hybridized carbons (Fsp3) is 0.545. The maximum atomic E-state index is 11.9. The van der Waals surface area contributed by atoms with E-state index in [1.807, 2.05) is 13.0 Å². The lowest BCUT2D eigenvalue weighted by Crippen LogP contribution is -2.04. The van der Waals surface area contributed by atoms with E-state index in [1.54, 1.807) is 0 Å². The number of carboxylic acids is 1. The van der Waals surface area contributed by atoms with E-state index in [9.17, 15) is 9.59 Å². The van der Waals surface area contributed by atoms with Gasteiger partial charge in [0.05, 0.1) is 7.11 Å². The fourth-order valence-electron chi connectivity index (χ4n) is 2.49.